The van der Waals surface area contributed by atoms with Gasteiger partial charge in [0.2, 0.25) is 0 Å². The van der Waals surface area contributed by atoms with Gasteiger partial charge in [0, 0.05) is 16.8 Å². The summed E-state index contributed by atoms with van der Waals surface area (Å²) >= 11 is 1.44. The SMILES string of the molecule is Cc1cc(-c2cc3nc(C(N)C(C)C)[nH]c(=O)c3s2)ccn1. The maximum atomic E-state index is 12.3. The van der Waals surface area contributed by atoms with E-state index in [1.54, 1.807) is 6.20 Å². The van der Waals surface area contributed by atoms with E-state index in [9.17, 15) is 4.79 Å². The van der Waals surface area contributed by atoms with Crippen molar-refractivity contribution in [2.24, 2.45) is 11.7 Å². The number of nitrogens with two attached hydrogens (primary N) is 1. The van der Waals surface area contributed by atoms with Crippen LogP contribution in [-0.2, 0) is 0 Å². The number of hydrogen-bond acceptors (Lipinski definition) is 5. The number of pyridine rings is 1. The van der Waals surface area contributed by atoms with Crippen molar-refractivity contribution in [1.29, 1.82) is 0 Å². The number of rotatable bonds is 3. The molecule has 22 heavy (non-hydrogen) atoms. The fourth-order valence-electron chi connectivity index (χ4n) is 2.27. The summed E-state index contributed by atoms with van der Waals surface area (Å²) in [7, 11) is 0. The van der Waals surface area contributed by atoms with Gasteiger partial charge in [-0.3, -0.25) is 9.78 Å². The predicted molar refractivity (Wildman–Crippen MR) is 90.0 cm³/mol. The van der Waals surface area contributed by atoms with Crippen molar-refractivity contribution in [3.8, 4) is 10.4 Å². The third-order valence-electron chi connectivity index (χ3n) is 3.62. The molecule has 0 radical (unpaired) electrons. The fourth-order valence-corrected chi connectivity index (χ4v) is 3.26. The molecule has 0 aromatic carbocycles. The third-order valence-corrected chi connectivity index (χ3v) is 4.79. The van der Waals surface area contributed by atoms with Crippen molar-refractivity contribution in [1.82, 2.24) is 15.0 Å². The summed E-state index contributed by atoms with van der Waals surface area (Å²) < 4.78 is 0.629. The van der Waals surface area contributed by atoms with Gasteiger partial charge in [-0.2, -0.15) is 0 Å². The smallest absolute Gasteiger partial charge is 0.268 e. The van der Waals surface area contributed by atoms with Gasteiger partial charge in [0.1, 0.15) is 10.5 Å². The zero-order valence-electron chi connectivity index (χ0n) is 12.8. The Balaban J connectivity index is 2.14. The molecule has 0 bridgehead atoms. The van der Waals surface area contributed by atoms with Gasteiger partial charge in [0.05, 0.1) is 11.6 Å². The molecule has 0 aliphatic heterocycles. The van der Waals surface area contributed by atoms with Gasteiger partial charge < -0.3 is 10.7 Å². The largest absolute Gasteiger partial charge is 0.321 e. The molecule has 0 saturated heterocycles. The molecule has 114 valence electrons. The standard InChI is InChI=1S/C16H18N4OS/c1-8(2)13(17)15-19-11-7-12(22-14(11)16(21)20-15)10-4-5-18-9(3)6-10/h4-8,13H,17H2,1-3H3,(H,19,20,21). The second-order valence-corrected chi connectivity index (χ2v) is 6.78. The van der Waals surface area contributed by atoms with E-state index in [0.29, 0.717) is 16.0 Å². The first kappa shape index (κ1) is 14.9. The molecule has 0 saturated carbocycles. The van der Waals surface area contributed by atoms with E-state index in [0.717, 1.165) is 16.1 Å². The average molecular weight is 314 g/mol. The Morgan fingerprint density at radius 2 is 2.09 bits per heavy atom. The number of fused-ring (bicyclic) bond motifs is 1. The van der Waals surface area contributed by atoms with Crippen LogP contribution in [0.5, 0.6) is 0 Å². The van der Waals surface area contributed by atoms with Gasteiger partial charge in [-0.25, -0.2) is 4.98 Å². The molecule has 0 spiro atoms. The number of aryl methyl sites for hydroxylation is 1. The van der Waals surface area contributed by atoms with Crippen LogP contribution in [0.1, 0.15) is 31.4 Å². The molecule has 0 fully saturated rings. The number of nitrogens with zero attached hydrogens (tertiary/aromatic N) is 2. The van der Waals surface area contributed by atoms with Crippen LogP contribution in [0.15, 0.2) is 29.2 Å². The quantitative estimate of drug-likeness (QED) is 0.778. The zero-order chi connectivity index (χ0) is 15.9. The normalized spacial score (nSPS) is 13.0. The monoisotopic (exact) mass is 314 g/mol. The van der Waals surface area contributed by atoms with Crippen LogP contribution in [0, 0.1) is 12.8 Å². The maximum Gasteiger partial charge on any atom is 0.268 e. The Bertz CT molecular complexity index is 881. The van der Waals surface area contributed by atoms with Crippen LogP contribution in [0.3, 0.4) is 0 Å². The number of aromatic amines is 1. The van der Waals surface area contributed by atoms with Crippen molar-refractivity contribution in [3.05, 3.63) is 46.3 Å². The highest BCUT2D eigenvalue weighted by Crippen LogP contribution is 2.31. The molecular formula is C16H18N4OS. The second-order valence-electron chi connectivity index (χ2n) is 5.73. The van der Waals surface area contributed by atoms with Gasteiger partial charge >= 0.3 is 0 Å². The van der Waals surface area contributed by atoms with Gasteiger partial charge in [-0.05, 0) is 36.6 Å². The Kier molecular flexibility index (Phi) is 3.80. The Morgan fingerprint density at radius 3 is 2.77 bits per heavy atom. The van der Waals surface area contributed by atoms with Crippen molar-refractivity contribution >= 4 is 21.6 Å². The van der Waals surface area contributed by atoms with Gasteiger partial charge in [-0.1, -0.05) is 13.8 Å². The van der Waals surface area contributed by atoms with E-state index in [1.165, 1.54) is 11.3 Å². The lowest BCUT2D eigenvalue weighted by atomic mass is 10.1. The minimum Gasteiger partial charge on any atom is -0.321 e. The van der Waals surface area contributed by atoms with Gasteiger partial charge in [0.25, 0.3) is 5.56 Å². The lowest BCUT2D eigenvalue weighted by Crippen LogP contribution is -2.23. The van der Waals surface area contributed by atoms with Crippen molar-refractivity contribution < 1.29 is 0 Å². The van der Waals surface area contributed by atoms with E-state index in [4.69, 9.17) is 5.73 Å². The highest BCUT2D eigenvalue weighted by atomic mass is 32.1. The number of hydrogen-bond donors (Lipinski definition) is 2. The van der Waals surface area contributed by atoms with E-state index in [-0.39, 0.29) is 17.5 Å². The molecule has 3 rings (SSSR count). The van der Waals surface area contributed by atoms with Crippen LogP contribution in [0.4, 0.5) is 0 Å². The minimum absolute atomic E-state index is 0.127. The lowest BCUT2D eigenvalue weighted by Gasteiger charge is -2.13. The summed E-state index contributed by atoms with van der Waals surface area (Å²) in [5.41, 5.74) is 8.66. The highest BCUT2D eigenvalue weighted by Gasteiger charge is 2.16. The van der Waals surface area contributed by atoms with Crippen LogP contribution >= 0.6 is 11.3 Å². The molecule has 1 unspecified atom stereocenters. The lowest BCUT2D eigenvalue weighted by molar-refractivity contribution is 0.491. The molecule has 6 heteroatoms. The van der Waals surface area contributed by atoms with E-state index in [1.807, 2.05) is 39.0 Å². The molecule has 5 nitrogen and oxygen atoms in total. The Hall–Kier alpha value is -2.05. The number of H-pyrrole nitrogens is 1. The van der Waals surface area contributed by atoms with Crippen LogP contribution in [0.25, 0.3) is 20.7 Å². The summed E-state index contributed by atoms with van der Waals surface area (Å²) in [6.45, 7) is 5.96. The summed E-state index contributed by atoms with van der Waals surface area (Å²) in [5.74, 6) is 0.754. The van der Waals surface area contributed by atoms with Gasteiger partial charge in [0.15, 0.2) is 0 Å². The maximum absolute atomic E-state index is 12.3. The summed E-state index contributed by atoms with van der Waals surface area (Å²) in [6, 6.07) is 5.61. The first-order valence-corrected chi connectivity index (χ1v) is 7.99. The summed E-state index contributed by atoms with van der Waals surface area (Å²) in [6.07, 6.45) is 1.77. The second kappa shape index (κ2) is 5.62. The predicted octanol–water partition coefficient (Wildman–Crippen LogP) is 3.01. The molecule has 3 aromatic heterocycles. The van der Waals surface area contributed by atoms with Crippen LogP contribution in [0.2, 0.25) is 0 Å². The summed E-state index contributed by atoms with van der Waals surface area (Å²) in [4.78, 5) is 24.8. The molecule has 1 atom stereocenters. The van der Waals surface area contributed by atoms with E-state index >= 15 is 0 Å². The topological polar surface area (TPSA) is 84.7 Å². The van der Waals surface area contributed by atoms with Crippen molar-refractivity contribution in [3.63, 3.8) is 0 Å². The van der Waals surface area contributed by atoms with E-state index in [2.05, 4.69) is 15.0 Å². The molecular weight excluding hydrogens is 296 g/mol. The van der Waals surface area contributed by atoms with Crippen LogP contribution in [-0.4, -0.2) is 15.0 Å². The summed E-state index contributed by atoms with van der Waals surface area (Å²) in [5, 5.41) is 0. The van der Waals surface area contributed by atoms with Crippen LogP contribution < -0.4 is 11.3 Å². The number of thiophene rings is 1. The fraction of sp³-hybridized carbons (Fsp3) is 0.312. The van der Waals surface area contributed by atoms with Crippen molar-refractivity contribution in [2.45, 2.75) is 26.8 Å². The van der Waals surface area contributed by atoms with Crippen molar-refractivity contribution in [2.75, 3.05) is 0 Å². The molecule has 3 heterocycles. The molecule has 3 aromatic rings. The van der Waals surface area contributed by atoms with E-state index < -0.39 is 0 Å². The first-order valence-electron chi connectivity index (χ1n) is 7.18. The Morgan fingerprint density at radius 1 is 1.32 bits per heavy atom. The number of nitrogens with one attached hydrogen (secondary N) is 1. The van der Waals surface area contributed by atoms with Gasteiger partial charge in [-0.15, -0.1) is 11.3 Å². The third kappa shape index (κ3) is 2.67. The minimum atomic E-state index is -0.274. The molecule has 0 amide bonds. The highest BCUT2D eigenvalue weighted by molar-refractivity contribution is 7.22. The molecule has 0 aliphatic rings. The molecule has 3 N–H and O–H groups in total. The molecule has 0 aliphatic carbocycles. The Labute approximate surface area is 132 Å². The average Bonchev–Trinajstić information content (AvgIpc) is 2.91. The first-order chi connectivity index (χ1) is 10.5. The zero-order valence-corrected chi connectivity index (χ0v) is 13.6. The number of aromatic nitrogens is 3.